The highest BCUT2D eigenvalue weighted by Crippen LogP contribution is 2.35. The highest BCUT2D eigenvalue weighted by Gasteiger charge is 2.17. The lowest BCUT2D eigenvalue weighted by molar-refractivity contribution is 0.310. The van der Waals surface area contributed by atoms with Gasteiger partial charge in [0.25, 0.3) is 0 Å². The minimum absolute atomic E-state index is 0.704. The molecule has 0 unspecified atom stereocenters. The maximum Gasteiger partial charge on any atom is 0.138 e. The van der Waals surface area contributed by atoms with Gasteiger partial charge in [-0.2, -0.15) is 0 Å². The van der Waals surface area contributed by atoms with Crippen molar-refractivity contribution in [2.24, 2.45) is 0 Å². The summed E-state index contributed by atoms with van der Waals surface area (Å²) in [6, 6.07) is 25.2. The van der Waals surface area contributed by atoms with Crippen LogP contribution in [-0.4, -0.2) is 30.2 Å². The molecule has 2 N–H and O–H groups in total. The Morgan fingerprint density at radius 2 is 1.75 bits per heavy atom. The Hall–Kier alpha value is -3.63. The number of H-pyrrole nitrogens is 1. The smallest absolute Gasteiger partial charge is 0.138 e. The van der Waals surface area contributed by atoms with Crippen LogP contribution in [0.25, 0.3) is 40.0 Å². The van der Waals surface area contributed by atoms with E-state index in [0.717, 1.165) is 59.0 Å². The lowest BCUT2D eigenvalue weighted by atomic mass is 10.0. The first-order chi connectivity index (χ1) is 15.8. The third-order valence-corrected chi connectivity index (χ3v) is 5.79. The fraction of sp³-hybridized carbons (Fsp3) is 0.179. The molecule has 0 atom stereocenters. The number of hydrogen-bond donors (Lipinski definition) is 2. The third kappa shape index (κ3) is 4.23. The second-order valence-electron chi connectivity index (χ2n) is 8.03. The summed E-state index contributed by atoms with van der Waals surface area (Å²) in [5.74, 6) is 1.74. The highest BCUT2D eigenvalue weighted by molar-refractivity contribution is 5.82. The average Bonchev–Trinajstić information content (AvgIpc) is 3.50. The van der Waals surface area contributed by atoms with Gasteiger partial charge in [-0.05, 0) is 67.9 Å². The van der Waals surface area contributed by atoms with Gasteiger partial charge in [-0.1, -0.05) is 54.6 Å². The van der Waals surface area contributed by atoms with Crippen molar-refractivity contribution in [1.29, 1.82) is 0 Å². The zero-order chi connectivity index (χ0) is 21.8. The Labute approximate surface area is 189 Å². The van der Waals surface area contributed by atoms with E-state index < -0.39 is 0 Å². The summed E-state index contributed by atoms with van der Waals surface area (Å²) >= 11 is 0. The molecule has 0 bridgehead atoms. The number of imidazole rings is 1. The molecule has 3 aromatic carbocycles. The van der Waals surface area contributed by atoms with E-state index in [-0.39, 0.29) is 0 Å². The zero-order valence-electron chi connectivity index (χ0n) is 18.3. The second kappa shape index (κ2) is 9.25. The van der Waals surface area contributed by atoms with Crippen LogP contribution in [0.1, 0.15) is 17.5 Å². The van der Waals surface area contributed by atoms with Gasteiger partial charge in [0.1, 0.15) is 11.6 Å². The Bertz CT molecular complexity index is 1220. The molecule has 32 heavy (non-hydrogen) atoms. The van der Waals surface area contributed by atoms with E-state index in [1.54, 1.807) is 0 Å². The van der Waals surface area contributed by atoms with Crippen LogP contribution in [0.15, 0.2) is 78.9 Å². The van der Waals surface area contributed by atoms with Crippen LogP contribution in [0.5, 0.6) is 5.75 Å². The molecule has 0 radical (unpaired) electrons. The normalized spacial score (nSPS) is 12.2. The van der Waals surface area contributed by atoms with Crippen LogP contribution in [0, 0.1) is 0 Å². The molecular formula is C28H27N3O. The summed E-state index contributed by atoms with van der Waals surface area (Å²) in [4.78, 5) is 8.62. The lowest BCUT2D eigenvalue weighted by Gasteiger charge is -2.06. The number of ether oxygens (including phenoxy) is 1. The van der Waals surface area contributed by atoms with Crippen molar-refractivity contribution in [3.8, 4) is 39.7 Å². The number of rotatable bonds is 8. The number of allylic oxidation sites excluding steroid dienone is 1. The molecule has 5 rings (SSSR count). The molecule has 4 heteroatoms. The Morgan fingerprint density at radius 1 is 0.938 bits per heavy atom. The van der Waals surface area contributed by atoms with Crippen LogP contribution < -0.4 is 10.1 Å². The van der Waals surface area contributed by atoms with Crippen LogP contribution in [-0.2, 0) is 6.42 Å². The predicted octanol–water partition coefficient (Wildman–Crippen LogP) is 5.97. The number of nitrogens with one attached hydrogen (secondary N) is 2. The van der Waals surface area contributed by atoms with E-state index in [4.69, 9.17) is 9.72 Å². The number of hydrogen-bond acceptors (Lipinski definition) is 3. The molecule has 0 saturated heterocycles. The van der Waals surface area contributed by atoms with Crippen LogP contribution in [0.3, 0.4) is 0 Å². The first-order valence-corrected chi connectivity index (χ1v) is 11.1. The summed E-state index contributed by atoms with van der Waals surface area (Å²) < 4.78 is 5.83. The van der Waals surface area contributed by atoms with Crippen molar-refractivity contribution in [2.75, 3.05) is 20.2 Å². The van der Waals surface area contributed by atoms with Crippen molar-refractivity contribution in [2.45, 2.75) is 12.8 Å². The summed E-state index contributed by atoms with van der Waals surface area (Å²) in [5, 5.41) is 3.14. The summed E-state index contributed by atoms with van der Waals surface area (Å²) in [6.45, 7) is 1.66. The Kier molecular flexibility index (Phi) is 5.86. The summed E-state index contributed by atoms with van der Waals surface area (Å²) in [6.07, 6.45) is 6.40. The van der Waals surface area contributed by atoms with Gasteiger partial charge >= 0.3 is 0 Å². The minimum Gasteiger partial charge on any atom is -0.494 e. The van der Waals surface area contributed by atoms with Crippen LogP contribution >= 0.6 is 0 Å². The molecule has 4 nitrogen and oxygen atoms in total. The topological polar surface area (TPSA) is 49.9 Å². The summed E-state index contributed by atoms with van der Waals surface area (Å²) in [5.41, 5.74) is 7.96. The fourth-order valence-corrected chi connectivity index (χ4v) is 4.08. The van der Waals surface area contributed by atoms with Crippen LogP contribution in [0.4, 0.5) is 0 Å². The molecule has 0 amide bonds. The van der Waals surface area contributed by atoms with Gasteiger partial charge in [0.2, 0.25) is 0 Å². The third-order valence-electron chi connectivity index (χ3n) is 5.79. The van der Waals surface area contributed by atoms with E-state index in [1.165, 1.54) is 11.1 Å². The van der Waals surface area contributed by atoms with Gasteiger partial charge < -0.3 is 15.0 Å². The maximum absolute atomic E-state index is 5.83. The standard InChI is InChI=1S/C28H27N3O/c1-29-17-6-18-32-25-15-13-22(14-16-25)28-30-26(21-7-3-2-4-8-21)27(31-28)24-12-11-20-9-5-10-23(20)19-24/h2-5,7-8,10-16,19,29H,6,9,17-18H2,1H3,(H,30,31). The number of aromatic nitrogens is 2. The van der Waals surface area contributed by atoms with Gasteiger partial charge in [-0.15, -0.1) is 0 Å². The zero-order valence-corrected chi connectivity index (χ0v) is 18.3. The van der Waals surface area contributed by atoms with Crippen molar-refractivity contribution in [3.63, 3.8) is 0 Å². The molecule has 0 saturated carbocycles. The van der Waals surface area contributed by atoms with E-state index in [0.29, 0.717) is 6.61 Å². The number of fused-ring (bicyclic) bond motifs is 1. The molecule has 1 aromatic heterocycles. The first-order valence-electron chi connectivity index (χ1n) is 11.1. The molecular weight excluding hydrogens is 394 g/mol. The molecule has 0 aliphatic heterocycles. The molecule has 0 fully saturated rings. The summed E-state index contributed by atoms with van der Waals surface area (Å²) in [7, 11) is 1.95. The maximum atomic E-state index is 5.83. The van der Waals surface area contributed by atoms with Gasteiger partial charge in [0.05, 0.1) is 18.0 Å². The predicted molar refractivity (Wildman–Crippen MR) is 132 cm³/mol. The lowest BCUT2D eigenvalue weighted by Crippen LogP contribution is -2.11. The molecule has 1 aliphatic carbocycles. The van der Waals surface area contributed by atoms with Gasteiger partial charge in [-0.3, -0.25) is 0 Å². The Morgan fingerprint density at radius 3 is 2.56 bits per heavy atom. The molecule has 1 aliphatic rings. The fourth-order valence-electron chi connectivity index (χ4n) is 4.08. The largest absolute Gasteiger partial charge is 0.494 e. The second-order valence-corrected chi connectivity index (χ2v) is 8.03. The van der Waals surface area contributed by atoms with Gasteiger partial charge in [0.15, 0.2) is 0 Å². The first kappa shape index (κ1) is 20.3. The van der Waals surface area contributed by atoms with Crippen molar-refractivity contribution < 1.29 is 4.74 Å². The molecule has 4 aromatic rings. The number of nitrogens with zero attached hydrogens (tertiary/aromatic N) is 1. The van der Waals surface area contributed by atoms with Crippen LogP contribution in [0.2, 0.25) is 0 Å². The molecule has 1 heterocycles. The average molecular weight is 422 g/mol. The van der Waals surface area contributed by atoms with Crippen molar-refractivity contribution in [1.82, 2.24) is 15.3 Å². The van der Waals surface area contributed by atoms with Gasteiger partial charge in [-0.25, -0.2) is 4.98 Å². The van der Waals surface area contributed by atoms with Gasteiger partial charge in [0, 0.05) is 16.7 Å². The quantitative estimate of drug-likeness (QED) is 0.345. The Balaban J connectivity index is 1.48. The number of aromatic amines is 1. The number of benzene rings is 3. The van der Waals surface area contributed by atoms with E-state index in [1.807, 2.05) is 25.2 Å². The monoisotopic (exact) mass is 421 g/mol. The SMILES string of the molecule is CNCCCOc1ccc(-c2nc(-c3ccc4c(c3)C=CC4)c(-c3ccccc3)[nH]2)cc1. The molecule has 160 valence electrons. The van der Waals surface area contributed by atoms with Crippen molar-refractivity contribution >= 4 is 6.08 Å². The van der Waals surface area contributed by atoms with E-state index in [9.17, 15) is 0 Å². The van der Waals surface area contributed by atoms with E-state index >= 15 is 0 Å². The van der Waals surface area contributed by atoms with E-state index in [2.05, 4.69) is 77.1 Å². The van der Waals surface area contributed by atoms with Crippen molar-refractivity contribution in [3.05, 3.63) is 90.0 Å². The minimum atomic E-state index is 0.704. The highest BCUT2D eigenvalue weighted by atomic mass is 16.5. The molecule has 0 spiro atoms.